The fourth-order valence-electron chi connectivity index (χ4n) is 2.58. The minimum atomic E-state index is -0.0910. The molecule has 0 spiro atoms. The van der Waals surface area contributed by atoms with Crippen molar-refractivity contribution in [1.82, 2.24) is 15.1 Å². The monoisotopic (exact) mass is 358 g/mol. The summed E-state index contributed by atoms with van der Waals surface area (Å²) in [7, 11) is 3.20. The summed E-state index contributed by atoms with van der Waals surface area (Å²) in [5.74, 6) is 1.78. The maximum atomic E-state index is 12.5. The Morgan fingerprint density at radius 3 is 2.31 bits per heavy atom. The number of hydrogen-bond donors (Lipinski definition) is 1. The highest BCUT2D eigenvalue weighted by molar-refractivity contribution is 5.92. The number of nitrogens with zero attached hydrogens (tertiary/aromatic N) is 3. The van der Waals surface area contributed by atoms with Crippen LogP contribution in [0.15, 0.2) is 30.3 Å². The normalized spacial score (nSPS) is 10.3. The predicted octanol–water partition coefficient (Wildman–Crippen LogP) is 3.50. The molecule has 0 bridgehead atoms. The fraction of sp³-hybridized carbons (Fsp3) is 0.421. The zero-order valence-corrected chi connectivity index (χ0v) is 15.8. The van der Waals surface area contributed by atoms with Crippen molar-refractivity contribution in [3.63, 3.8) is 0 Å². The molecule has 1 amide bonds. The van der Waals surface area contributed by atoms with Gasteiger partial charge in [-0.15, -0.1) is 10.2 Å². The molecule has 0 unspecified atom stereocenters. The van der Waals surface area contributed by atoms with Crippen LogP contribution in [0.25, 0.3) is 0 Å². The first-order valence-corrected chi connectivity index (χ1v) is 8.75. The smallest absolute Gasteiger partial charge is 0.274 e. The number of nitrogens with one attached hydrogen (secondary N) is 1. The van der Waals surface area contributed by atoms with E-state index in [1.54, 1.807) is 32.4 Å². The molecule has 0 radical (unpaired) electrons. The van der Waals surface area contributed by atoms with Crippen LogP contribution in [-0.2, 0) is 0 Å². The van der Waals surface area contributed by atoms with Gasteiger partial charge in [0.25, 0.3) is 5.91 Å². The standard InChI is InChI=1S/C19H26N4O3/c1-5-11-23(12-6-2)19(24)15-8-10-18(22-21-15)20-16-13-14(25-3)7-9-17(16)26-4/h7-10,13H,5-6,11-12H2,1-4H3,(H,20,22). The van der Waals surface area contributed by atoms with Crippen molar-refractivity contribution in [2.45, 2.75) is 26.7 Å². The van der Waals surface area contributed by atoms with Crippen LogP contribution in [0.1, 0.15) is 37.2 Å². The molecule has 140 valence electrons. The maximum Gasteiger partial charge on any atom is 0.274 e. The molecule has 0 atom stereocenters. The molecule has 0 saturated carbocycles. The summed E-state index contributed by atoms with van der Waals surface area (Å²) in [4.78, 5) is 14.4. The van der Waals surface area contributed by atoms with Crippen molar-refractivity contribution in [2.75, 3.05) is 32.6 Å². The van der Waals surface area contributed by atoms with Gasteiger partial charge >= 0.3 is 0 Å². The van der Waals surface area contributed by atoms with E-state index < -0.39 is 0 Å². The van der Waals surface area contributed by atoms with E-state index in [1.807, 2.05) is 17.0 Å². The molecule has 2 rings (SSSR count). The fourth-order valence-corrected chi connectivity index (χ4v) is 2.58. The SMILES string of the molecule is CCCN(CCC)C(=O)c1ccc(Nc2cc(OC)ccc2OC)nn1. The molecule has 0 aliphatic heterocycles. The summed E-state index contributed by atoms with van der Waals surface area (Å²) in [5, 5.41) is 11.3. The molecule has 1 N–H and O–H groups in total. The van der Waals surface area contributed by atoms with Crippen LogP contribution < -0.4 is 14.8 Å². The van der Waals surface area contributed by atoms with Gasteiger partial charge in [0, 0.05) is 19.2 Å². The molecule has 26 heavy (non-hydrogen) atoms. The van der Waals surface area contributed by atoms with Crippen LogP contribution in [0.3, 0.4) is 0 Å². The van der Waals surface area contributed by atoms with Gasteiger partial charge in [-0.1, -0.05) is 13.8 Å². The Kier molecular flexibility index (Phi) is 7.20. The minimum absolute atomic E-state index is 0.0910. The Hall–Kier alpha value is -2.83. The summed E-state index contributed by atoms with van der Waals surface area (Å²) in [5.41, 5.74) is 1.05. The number of methoxy groups -OCH3 is 2. The van der Waals surface area contributed by atoms with Crippen LogP contribution in [-0.4, -0.2) is 48.3 Å². The highest BCUT2D eigenvalue weighted by atomic mass is 16.5. The lowest BCUT2D eigenvalue weighted by molar-refractivity contribution is 0.0748. The molecule has 7 nitrogen and oxygen atoms in total. The minimum Gasteiger partial charge on any atom is -0.497 e. The lowest BCUT2D eigenvalue weighted by atomic mass is 10.2. The third-order valence-electron chi connectivity index (χ3n) is 3.83. The van der Waals surface area contributed by atoms with Crippen LogP contribution in [0.2, 0.25) is 0 Å². The third-order valence-corrected chi connectivity index (χ3v) is 3.83. The molecule has 1 heterocycles. The number of benzene rings is 1. The Balaban J connectivity index is 2.16. The largest absolute Gasteiger partial charge is 0.497 e. The molecular weight excluding hydrogens is 332 g/mol. The predicted molar refractivity (Wildman–Crippen MR) is 101 cm³/mol. The van der Waals surface area contributed by atoms with Crippen molar-refractivity contribution < 1.29 is 14.3 Å². The van der Waals surface area contributed by atoms with Crippen molar-refractivity contribution in [3.05, 3.63) is 36.0 Å². The Labute approximate surface area is 154 Å². The third kappa shape index (κ3) is 4.84. The van der Waals surface area contributed by atoms with Gasteiger partial charge in [-0.3, -0.25) is 4.79 Å². The van der Waals surface area contributed by atoms with Crippen molar-refractivity contribution >= 4 is 17.4 Å². The zero-order valence-electron chi connectivity index (χ0n) is 15.8. The second kappa shape index (κ2) is 9.60. The van der Waals surface area contributed by atoms with E-state index in [9.17, 15) is 4.79 Å². The molecule has 0 saturated heterocycles. The van der Waals surface area contributed by atoms with Gasteiger partial charge in [-0.2, -0.15) is 0 Å². The molecule has 7 heteroatoms. The molecule has 1 aromatic carbocycles. The average molecular weight is 358 g/mol. The van der Waals surface area contributed by atoms with Crippen molar-refractivity contribution in [2.24, 2.45) is 0 Å². The maximum absolute atomic E-state index is 12.5. The van der Waals surface area contributed by atoms with Crippen molar-refractivity contribution in [3.8, 4) is 11.5 Å². The number of aromatic nitrogens is 2. The Morgan fingerprint density at radius 1 is 1.04 bits per heavy atom. The van der Waals surface area contributed by atoms with Gasteiger partial charge in [-0.25, -0.2) is 0 Å². The number of amides is 1. The van der Waals surface area contributed by atoms with Gasteiger partial charge in [0.05, 0.1) is 19.9 Å². The van der Waals surface area contributed by atoms with E-state index in [1.165, 1.54) is 0 Å². The highest BCUT2D eigenvalue weighted by Gasteiger charge is 2.16. The van der Waals surface area contributed by atoms with Gasteiger partial charge < -0.3 is 19.7 Å². The van der Waals surface area contributed by atoms with E-state index in [0.29, 0.717) is 28.7 Å². The lowest BCUT2D eigenvalue weighted by Gasteiger charge is -2.20. The van der Waals surface area contributed by atoms with Crippen LogP contribution in [0.4, 0.5) is 11.5 Å². The Morgan fingerprint density at radius 2 is 1.77 bits per heavy atom. The van der Waals surface area contributed by atoms with Crippen LogP contribution in [0.5, 0.6) is 11.5 Å². The van der Waals surface area contributed by atoms with Crippen LogP contribution in [0, 0.1) is 0 Å². The summed E-state index contributed by atoms with van der Waals surface area (Å²) in [6.07, 6.45) is 1.82. The topological polar surface area (TPSA) is 76.6 Å². The molecule has 2 aromatic rings. The molecule has 1 aromatic heterocycles. The second-order valence-electron chi connectivity index (χ2n) is 5.79. The Bertz CT molecular complexity index is 713. The summed E-state index contributed by atoms with van der Waals surface area (Å²) in [6.45, 7) is 5.54. The van der Waals surface area contributed by atoms with E-state index in [-0.39, 0.29) is 5.91 Å². The van der Waals surface area contributed by atoms with E-state index in [2.05, 4.69) is 29.4 Å². The van der Waals surface area contributed by atoms with Gasteiger partial charge in [0.15, 0.2) is 11.5 Å². The van der Waals surface area contributed by atoms with Gasteiger partial charge in [0.2, 0.25) is 0 Å². The molecular formula is C19H26N4O3. The number of carbonyl (C=O) groups is 1. The first-order chi connectivity index (χ1) is 12.6. The van der Waals surface area contributed by atoms with E-state index >= 15 is 0 Å². The number of anilines is 2. The van der Waals surface area contributed by atoms with Gasteiger partial charge in [-0.05, 0) is 37.1 Å². The molecule has 0 aliphatic carbocycles. The van der Waals surface area contributed by atoms with E-state index in [0.717, 1.165) is 25.9 Å². The quantitative estimate of drug-likeness (QED) is 0.739. The summed E-state index contributed by atoms with van der Waals surface area (Å²) in [6, 6.07) is 8.84. The van der Waals surface area contributed by atoms with Gasteiger partial charge in [0.1, 0.15) is 11.5 Å². The highest BCUT2D eigenvalue weighted by Crippen LogP contribution is 2.30. The molecule has 0 aliphatic rings. The second-order valence-corrected chi connectivity index (χ2v) is 5.79. The van der Waals surface area contributed by atoms with E-state index in [4.69, 9.17) is 9.47 Å². The summed E-state index contributed by atoms with van der Waals surface area (Å²) < 4.78 is 10.6. The zero-order chi connectivity index (χ0) is 18.9. The summed E-state index contributed by atoms with van der Waals surface area (Å²) >= 11 is 0. The first kappa shape index (κ1) is 19.5. The van der Waals surface area contributed by atoms with Crippen molar-refractivity contribution in [1.29, 1.82) is 0 Å². The first-order valence-electron chi connectivity index (χ1n) is 8.75. The number of ether oxygens (including phenoxy) is 2. The number of carbonyl (C=O) groups excluding carboxylic acids is 1. The average Bonchev–Trinajstić information content (AvgIpc) is 2.67. The molecule has 0 fully saturated rings. The number of rotatable bonds is 9. The van der Waals surface area contributed by atoms with Crippen LogP contribution >= 0.6 is 0 Å². The number of hydrogen-bond acceptors (Lipinski definition) is 6. The lowest BCUT2D eigenvalue weighted by Crippen LogP contribution is -2.33.